The lowest BCUT2D eigenvalue weighted by atomic mass is 10.1. The second kappa shape index (κ2) is 6.08. The van der Waals surface area contributed by atoms with Gasteiger partial charge in [0.1, 0.15) is 5.82 Å². The number of hydrogen-bond acceptors (Lipinski definition) is 2. The molecular weight excluding hydrogens is 273 g/mol. The van der Waals surface area contributed by atoms with Crippen molar-refractivity contribution in [2.24, 2.45) is 11.8 Å². The maximum Gasteiger partial charge on any atom is 0.328 e. The summed E-state index contributed by atoms with van der Waals surface area (Å²) in [7, 11) is 1.66. The van der Waals surface area contributed by atoms with Crippen LogP contribution in [0.1, 0.15) is 29.3 Å². The van der Waals surface area contributed by atoms with Crippen molar-refractivity contribution in [1.29, 1.82) is 0 Å². The first kappa shape index (κ1) is 15.2. The van der Waals surface area contributed by atoms with Crippen LogP contribution in [0.5, 0.6) is 0 Å². The van der Waals surface area contributed by atoms with Crippen molar-refractivity contribution in [3.63, 3.8) is 0 Å². The third-order valence-corrected chi connectivity index (χ3v) is 3.77. The number of carbonyl (C=O) groups excluding carboxylic acids is 1. The van der Waals surface area contributed by atoms with E-state index < -0.39 is 11.8 Å². The van der Waals surface area contributed by atoms with E-state index in [-0.39, 0.29) is 11.5 Å². The molecule has 2 rings (SSSR count). The molecule has 1 aliphatic carbocycles. The van der Waals surface area contributed by atoms with Gasteiger partial charge in [0.15, 0.2) is 0 Å². The number of halogens is 1. The zero-order valence-electron chi connectivity index (χ0n) is 12.0. The number of aliphatic carboxylic acids is 1. The molecule has 0 aromatic heterocycles. The quantitative estimate of drug-likeness (QED) is 0.848. The van der Waals surface area contributed by atoms with Gasteiger partial charge in [-0.2, -0.15) is 0 Å². The zero-order valence-corrected chi connectivity index (χ0v) is 12.0. The molecule has 1 N–H and O–H groups in total. The van der Waals surface area contributed by atoms with Gasteiger partial charge in [0.2, 0.25) is 0 Å². The molecule has 1 amide bonds. The predicted molar refractivity (Wildman–Crippen MR) is 77.3 cm³/mol. The van der Waals surface area contributed by atoms with Crippen LogP contribution < -0.4 is 0 Å². The summed E-state index contributed by atoms with van der Waals surface area (Å²) in [4.78, 5) is 24.3. The van der Waals surface area contributed by atoms with Crippen LogP contribution in [0.4, 0.5) is 4.39 Å². The van der Waals surface area contributed by atoms with Gasteiger partial charge in [0, 0.05) is 19.7 Å². The van der Waals surface area contributed by atoms with Crippen LogP contribution in [0.15, 0.2) is 24.3 Å². The molecule has 1 fully saturated rings. The molecule has 0 bridgehead atoms. The Morgan fingerprint density at radius 3 is 2.71 bits per heavy atom. The summed E-state index contributed by atoms with van der Waals surface area (Å²) < 4.78 is 13.8. The third kappa shape index (κ3) is 3.90. The molecule has 0 aliphatic heterocycles. The van der Waals surface area contributed by atoms with E-state index in [1.165, 1.54) is 29.2 Å². The van der Waals surface area contributed by atoms with Gasteiger partial charge >= 0.3 is 5.97 Å². The molecule has 112 valence electrons. The first-order valence-electron chi connectivity index (χ1n) is 6.84. The number of amides is 1. The van der Waals surface area contributed by atoms with Crippen molar-refractivity contribution >= 4 is 18.0 Å². The van der Waals surface area contributed by atoms with E-state index >= 15 is 0 Å². The Hall–Kier alpha value is -2.17. The number of rotatable bonds is 5. The van der Waals surface area contributed by atoms with Crippen LogP contribution in [-0.2, 0) is 4.79 Å². The summed E-state index contributed by atoms with van der Waals surface area (Å²) in [5, 5.41) is 8.59. The van der Waals surface area contributed by atoms with Gasteiger partial charge in [-0.1, -0.05) is 13.0 Å². The molecule has 1 aromatic rings. The fourth-order valence-electron chi connectivity index (χ4n) is 2.27. The van der Waals surface area contributed by atoms with Gasteiger partial charge in [0.05, 0.1) is 5.56 Å². The van der Waals surface area contributed by atoms with Crippen molar-refractivity contribution in [3.05, 3.63) is 41.2 Å². The molecule has 0 saturated heterocycles. The first-order chi connectivity index (χ1) is 9.88. The van der Waals surface area contributed by atoms with Crippen LogP contribution in [0.2, 0.25) is 0 Å². The highest BCUT2D eigenvalue weighted by molar-refractivity contribution is 5.95. The lowest BCUT2D eigenvalue weighted by molar-refractivity contribution is -0.131. The number of carboxylic acid groups (broad SMARTS) is 1. The van der Waals surface area contributed by atoms with E-state index in [1.807, 2.05) is 0 Å². The van der Waals surface area contributed by atoms with Crippen LogP contribution >= 0.6 is 0 Å². The number of carboxylic acids is 1. The van der Waals surface area contributed by atoms with Gasteiger partial charge in [-0.3, -0.25) is 4.79 Å². The predicted octanol–water partition coefficient (Wildman–Crippen LogP) is 2.65. The Morgan fingerprint density at radius 2 is 2.14 bits per heavy atom. The molecule has 1 aliphatic rings. The smallest absolute Gasteiger partial charge is 0.328 e. The monoisotopic (exact) mass is 291 g/mol. The van der Waals surface area contributed by atoms with Gasteiger partial charge in [0.25, 0.3) is 5.91 Å². The van der Waals surface area contributed by atoms with Crippen LogP contribution in [0.25, 0.3) is 6.08 Å². The van der Waals surface area contributed by atoms with Gasteiger partial charge in [-0.05, 0) is 42.0 Å². The molecule has 1 saturated carbocycles. The molecule has 21 heavy (non-hydrogen) atoms. The Labute approximate surface area is 122 Å². The lowest BCUT2D eigenvalue weighted by Crippen LogP contribution is -2.29. The highest BCUT2D eigenvalue weighted by atomic mass is 19.1. The number of nitrogens with zero attached hydrogens (tertiary/aromatic N) is 1. The van der Waals surface area contributed by atoms with Crippen LogP contribution in [-0.4, -0.2) is 35.5 Å². The number of carbonyl (C=O) groups is 2. The minimum atomic E-state index is -1.09. The van der Waals surface area contributed by atoms with Crippen LogP contribution in [0.3, 0.4) is 0 Å². The van der Waals surface area contributed by atoms with Gasteiger partial charge in [-0.25, -0.2) is 9.18 Å². The van der Waals surface area contributed by atoms with Gasteiger partial charge in [-0.15, -0.1) is 0 Å². The fourth-order valence-corrected chi connectivity index (χ4v) is 2.27. The highest BCUT2D eigenvalue weighted by Crippen LogP contribution is 2.38. The summed E-state index contributed by atoms with van der Waals surface area (Å²) in [6.07, 6.45) is 3.39. The molecule has 2 atom stereocenters. The van der Waals surface area contributed by atoms with E-state index in [0.717, 1.165) is 12.5 Å². The van der Waals surface area contributed by atoms with Crippen LogP contribution in [0, 0.1) is 17.7 Å². The topological polar surface area (TPSA) is 57.6 Å². The van der Waals surface area contributed by atoms with E-state index in [2.05, 4.69) is 6.92 Å². The fraction of sp³-hybridized carbons (Fsp3) is 0.375. The van der Waals surface area contributed by atoms with Crippen molar-refractivity contribution in [1.82, 2.24) is 4.90 Å². The number of benzene rings is 1. The zero-order chi connectivity index (χ0) is 15.6. The van der Waals surface area contributed by atoms with Crippen molar-refractivity contribution in [2.75, 3.05) is 13.6 Å². The molecule has 5 heteroatoms. The molecule has 2 unspecified atom stereocenters. The lowest BCUT2D eigenvalue weighted by Gasteiger charge is -2.17. The molecule has 0 spiro atoms. The Kier molecular flexibility index (Phi) is 4.40. The normalized spacial score (nSPS) is 20.5. The summed E-state index contributed by atoms with van der Waals surface area (Å²) in [6.45, 7) is 2.75. The molecule has 0 radical (unpaired) electrons. The Morgan fingerprint density at radius 1 is 1.48 bits per heavy atom. The Bertz CT molecular complexity index is 597. The summed E-state index contributed by atoms with van der Waals surface area (Å²) in [5.41, 5.74) is 0.452. The molecular formula is C16H18FNO3. The van der Waals surface area contributed by atoms with E-state index in [9.17, 15) is 14.0 Å². The van der Waals surface area contributed by atoms with Crippen molar-refractivity contribution in [3.8, 4) is 0 Å². The second-order valence-electron chi connectivity index (χ2n) is 5.57. The molecule has 4 nitrogen and oxygen atoms in total. The first-order valence-corrected chi connectivity index (χ1v) is 6.84. The average Bonchev–Trinajstić information content (AvgIpc) is 3.12. The largest absolute Gasteiger partial charge is 0.478 e. The second-order valence-corrected chi connectivity index (χ2v) is 5.57. The van der Waals surface area contributed by atoms with E-state index in [4.69, 9.17) is 5.11 Å². The maximum atomic E-state index is 13.8. The number of hydrogen-bond donors (Lipinski definition) is 1. The molecule has 0 heterocycles. The minimum absolute atomic E-state index is 0.0293. The SMILES string of the molecule is CC1CC1CN(C)C(=O)c1cc(C=CC(=O)O)ccc1F. The summed E-state index contributed by atoms with van der Waals surface area (Å²) in [6, 6.07) is 4.00. The minimum Gasteiger partial charge on any atom is -0.478 e. The average molecular weight is 291 g/mol. The van der Waals surface area contributed by atoms with E-state index in [0.29, 0.717) is 23.9 Å². The maximum absolute atomic E-state index is 13.8. The summed E-state index contributed by atoms with van der Waals surface area (Å²) >= 11 is 0. The Balaban J connectivity index is 2.15. The third-order valence-electron chi connectivity index (χ3n) is 3.77. The van der Waals surface area contributed by atoms with Crippen molar-refractivity contribution in [2.45, 2.75) is 13.3 Å². The summed E-state index contributed by atoms with van der Waals surface area (Å²) in [5.74, 6) is -0.945. The molecule has 1 aromatic carbocycles. The van der Waals surface area contributed by atoms with Gasteiger partial charge < -0.3 is 10.0 Å². The van der Waals surface area contributed by atoms with Crippen molar-refractivity contribution < 1.29 is 19.1 Å². The standard InChI is InChI=1S/C16H18FNO3/c1-10-7-12(10)9-18(2)16(21)13-8-11(3-5-14(13)17)4-6-15(19)20/h3-6,8,10,12H,7,9H2,1-2H3,(H,19,20). The van der Waals surface area contributed by atoms with E-state index in [1.54, 1.807) is 7.05 Å². The highest BCUT2D eigenvalue weighted by Gasteiger charge is 2.34.